The summed E-state index contributed by atoms with van der Waals surface area (Å²) >= 11 is 0. The van der Waals surface area contributed by atoms with Crippen molar-refractivity contribution < 1.29 is 0 Å². The van der Waals surface area contributed by atoms with Crippen LogP contribution in [0.25, 0.3) is 98.7 Å². The molecule has 10 aromatic rings. The number of rotatable bonds is 5. The molecular formula is C52H34. The first-order chi connectivity index (χ1) is 25.8. The van der Waals surface area contributed by atoms with Crippen molar-refractivity contribution in [3.8, 4) is 55.6 Å². The standard InChI is InChI=1S/C52H34/c1-2-16-37(17-3-1)51-46-23-8-10-25-48(46)52(49-26-11-9-24-47(49)51)50-34-40(39-29-28-35-14-4-5-18-38(35)32-39)30-31-45(50)42-21-12-20-41(33-42)44-27-13-19-36-15-6-7-22-43(36)44/h1-34H. The van der Waals surface area contributed by atoms with Gasteiger partial charge in [-0.3, -0.25) is 0 Å². The predicted octanol–water partition coefficient (Wildman–Crippen LogP) is 14.6. The number of hydrogen-bond acceptors (Lipinski definition) is 0. The quantitative estimate of drug-likeness (QED) is 0.161. The molecule has 0 amide bonds. The lowest BCUT2D eigenvalue weighted by molar-refractivity contribution is 1.58. The number of benzene rings is 10. The molecule has 10 aromatic carbocycles. The lowest BCUT2D eigenvalue weighted by Crippen LogP contribution is -1.94. The second-order valence-electron chi connectivity index (χ2n) is 13.6. The fourth-order valence-electron chi connectivity index (χ4n) is 8.22. The van der Waals surface area contributed by atoms with Crippen LogP contribution in [-0.2, 0) is 0 Å². The molecule has 52 heavy (non-hydrogen) atoms. The van der Waals surface area contributed by atoms with Crippen LogP contribution < -0.4 is 0 Å². The minimum absolute atomic E-state index is 1.20. The maximum Gasteiger partial charge on any atom is -0.00199 e. The summed E-state index contributed by atoms with van der Waals surface area (Å²) in [4.78, 5) is 0. The van der Waals surface area contributed by atoms with E-state index in [2.05, 4.69) is 206 Å². The molecule has 0 bridgehead atoms. The zero-order valence-corrected chi connectivity index (χ0v) is 28.6. The highest BCUT2D eigenvalue weighted by atomic mass is 14.2. The Morgan fingerprint density at radius 1 is 0.192 bits per heavy atom. The summed E-state index contributed by atoms with van der Waals surface area (Å²) in [6, 6.07) is 75.7. The summed E-state index contributed by atoms with van der Waals surface area (Å²) in [7, 11) is 0. The van der Waals surface area contributed by atoms with E-state index in [0.29, 0.717) is 0 Å². The lowest BCUT2D eigenvalue weighted by atomic mass is 9.82. The molecule has 0 heteroatoms. The third-order valence-corrected chi connectivity index (χ3v) is 10.6. The van der Waals surface area contributed by atoms with Crippen molar-refractivity contribution in [2.24, 2.45) is 0 Å². The second-order valence-corrected chi connectivity index (χ2v) is 13.6. The molecule has 0 heterocycles. The molecule has 0 aromatic heterocycles. The zero-order valence-electron chi connectivity index (χ0n) is 28.6. The van der Waals surface area contributed by atoms with Gasteiger partial charge in [0.15, 0.2) is 0 Å². The monoisotopic (exact) mass is 658 g/mol. The van der Waals surface area contributed by atoms with Gasteiger partial charge in [-0.15, -0.1) is 0 Å². The van der Waals surface area contributed by atoms with Crippen LogP contribution in [0.4, 0.5) is 0 Å². The highest BCUT2D eigenvalue weighted by Gasteiger charge is 2.20. The van der Waals surface area contributed by atoms with E-state index < -0.39 is 0 Å². The van der Waals surface area contributed by atoms with Crippen molar-refractivity contribution in [2.45, 2.75) is 0 Å². The van der Waals surface area contributed by atoms with E-state index in [1.165, 1.54) is 98.7 Å². The molecule has 0 spiro atoms. The van der Waals surface area contributed by atoms with E-state index in [-0.39, 0.29) is 0 Å². The molecule has 0 saturated carbocycles. The zero-order chi connectivity index (χ0) is 34.4. The molecule has 0 atom stereocenters. The third-order valence-electron chi connectivity index (χ3n) is 10.6. The summed E-state index contributed by atoms with van der Waals surface area (Å²) in [5, 5.41) is 10.0. The molecule has 0 N–H and O–H groups in total. The van der Waals surface area contributed by atoms with Crippen molar-refractivity contribution in [1.82, 2.24) is 0 Å². The Morgan fingerprint density at radius 2 is 0.692 bits per heavy atom. The highest BCUT2D eigenvalue weighted by Crippen LogP contribution is 2.47. The maximum absolute atomic E-state index is 2.43. The predicted molar refractivity (Wildman–Crippen MR) is 224 cm³/mol. The normalized spacial score (nSPS) is 11.5. The maximum atomic E-state index is 2.43. The van der Waals surface area contributed by atoms with E-state index in [0.717, 1.165) is 0 Å². The Bertz CT molecular complexity index is 2890. The smallest absolute Gasteiger partial charge is 0.00199 e. The van der Waals surface area contributed by atoms with E-state index >= 15 is 0 Å². The fourth-order valence-corrected chi connectivity index (χ4v) is 8.22. The van der Waals surface area contributed by atoms with Gasteiger partial charge in [-0.1, -0.05) is 188 Å². The van der Waals surface area contributed by atoms with Crippen LogP contribution in [0, 0.1) is 0 Å². The Morgan fingerprint density at radius 3 is 1.42 bits per heavy atom. The molecule has 0 saturated heterocycles. The van der Waals surface area contributed by atoms with Gasteiger partial charge in [-0.25, -0.2) is 0 Å². The summed E-state index contributed by atoms with van der Waals surface area (Å²) in [6.45, 7) is 0. The summed E-state index contributed by atoms with van der Waals surface area (Å²) in [6.07, 6.45) is 0. The average Bonchev–Trinajstić information content (AvgIpc) is 3.22. The van der Waals surface area contributed by atoms with Crippen molar-refractivity contribution in [1.29, 1.82) is 0 Å². The van der Waals surface area contributed by atoms with Crippen molar-refractivity contribution in [3.05, 3.63) is 206 Å². The van der Waals surface area contributed by atoms with E-state index in [9.17, 15) is 0 Å². The molecule has 242 valence electrons. The number of hydrogen-bond donors (Lipinski definition) is 0. The summed E-state index contributed by atoms with van der Waals surface area (Å²) in [5.74, 6) is 0. The number of fused-ring (bicyclic) bond motifs is 4. The van der Waals surface area contributed by atoms with Gasteiger partial charge in [-0.2, -0.15) is 0 Å². The Balaban J connectivity index is 1.27. The van der Waals surface area contributed by atoms with Crippen LogP contribution in [0.5, 0.6) is 0 Å². The molecule has 0 fully saturated rings. The first-order valence-electron chi connectivity index (χ1n) is 18.0. The topological polar surface area (TPSA) is 0 Å². The van der Waals surface area contributed by atoms with E-state index in [1.807, 2.05) is 0 Å². The van der Waals surface area contributed by atoms with Gasteiger partial charge >= 0.3 is 0 Å². The SMILES string of the molecule is c1ccc(-c2c3ccccc3c(-c3cc(-c4ccc5ccccc5c4)ccc3-c3cccc(-c4cccc5ccccc45)c3)c3ccccc23)cc1. The first kappa shape index (κ1) is 30.1. The molecule has 0 radical (unpaired) electrons. The molecule has 0 aliphatic carbocycles. The minimum Gasteiger partial charge on any atom is -0.0622 e. The van der Waals surface area contributed by atoms with Gasteiger partial charge in [0.25, 0.3) is 0 Å². The van der Waals surface area contributed by atoms with E-state index in [4.69, 9.17) is 0 Å². The van der Waals surface area contributed by atoms with Gasteiger partial charge in [-0.05, 0) is 117 Å². The highest BCUT2D eigenvalue weighted by molar-refractivity contribution is 6.22. The van der Waals surface area contributed by atoms with Crippen LogP contribution in [0.1, 0.15) is 0 Å². The molecule has 0 aliphatic heterocycles. The van der Waals surface area contributed by atoms with Gasteiger partial charge in [0.05, 0.1) is 0 Å². The van der Waals surface area contributed by atoms with Gasteiger partial charge in [0.1, 0.15) is 0 Å². The van der Waals surface area contributed by atoms with E-state index in [1.54, 1.807) is 0 Å². The Kier molecular flexibility index (Phi) is 7.25. The molecule has 0 aliphatic rings. The van der Waals surface area contributed by atoms with Crippen molar-refractivity contribution in [3.63, 3.8) is 0 Å². The lowest BCUT2D eigenvalue weighted by Gasteiger charge is -2.21. The largest absolute Gasteiger partial charge is 0.0622 e. The molecule has 0 nitrogen and oxygen atoms in total. The van der Waals surface area contributed by atoms with Crippen LogP contribution in [0.2, 0.25) is 0 Å². The third kappa shape index (κ3) is 5.08. The first-order valence-corrected chi connectivity index (χ1v) is 18.0. The van der Waals surface area contributed by atoms with Gasteiger partial charge in [0, 0.05) is 0 Å². The molecule has 0 unspecified atom stereocenters. The molecular weight excluding hydrogens is 625 g/mol. The van der Waals surface area contributed by atoms with Crippen LogP contribution in [-0.4, -0.2) is 0 Å². The van der Waals surface area contributed by atoms with Crippen LogP contribution in [0.15, 0.2) is 206 Å². The average molecular weight is 659 g/mol. The Hall–Kier alpha value is -6.76. The van der Waals surface area contributed by atoms with Gasteiger partial charge < -0.3 is 0 Å². The van der Waals surface area contributed by atoms with Crippen molar-refractivity contribution >= 4 is 43.1 Å². The minimum atomic E-state index is 1.20. The van der Waals surface area contributed by atoms with Gasteiger partial charge in [0.2, 0.25) is 0 Å². The molecule has 10 rings (SSSR count). The summed E-state index contributed by atoms with van der Waals surface area (Å²) < 4.78 is 0. The van der Waals surface area contributed by atoms with Crippen molar-refractivity contribution in [2.75, 3.05) is 0 Å². The summed E-state index contributed by atoms with van der Waals surface area (Å²) in [5.41, 5.74) is 12.3. The van der Waals surface area contributed by atoms with Crippen LogP contribution >= 0.6 is 0 Å². The van der Waals surface area contributed by atoms with Crippen LogP contribution in [0.3, 0.4) is 0 Å². The Labute approximate surface area is 303 Å². The second kappa shape index (κ2) is 12.5. The fraction of sp³-hybridized carbons (Fsp3) is 0.